The Morgan fingerprint density at radius 1 is 0.212 bits per heavy atom. The Morgan fingerprint density at radius 2 is 0.591 bits per heavy atom. The van der Waals surface area contributed by atoms with Gasteiger partial charge >= 0.3 is 0 Å². The van der Waals surface area contributed by atoms with E-state index >= 15 is 0 Å². The normalized spacial score (nSPS) is 12.5. The van der Waals surface area contributed by atoms with Crippen molar-refractivity contribution in [3.63, 3.8) is 0 Å². The van der Waals surface area contributed by atoms with E-state index in [4.69, 9.17) is 47.6 Å². The molecular weight excluding hydrogens is 1700 g/mol. The van der Waals surface area contributed by atoms with Gasteiger partial charge in [0, 0.05) is 135 Å². The number of aromatic nitrogens is 9. The fourth-order valence-corrected chi connectivity index (χ4v) is 22.5. The highest BCUT2D eigenvalue weighted by Gasteiger charge is 2.37. The lowest BCUT2D eigenvalue weighted by molar-refractivity contribution is 0.653. The monoisotopic (exact) mass is 1770 g/mol. The average molecular weight is 1780 g/mol. The van der Waals surface area contributed by atoms with E-state index in [9.17, 15) is 0 Å². The predicted molar refractivity (Wildman–Crippen MR) is 561 cm³/mol. The van der Waals surface area contributed by atoms with Crippen LogP contribution >= 0.6 is 11.3 Å². The maximum Gasteiger partial charge on any atom is 0.231 e. The minimum Gasteiger partial charge on any atom is -0.456 e. The molecule has 137 heavy (non-hydrogen) atoms. The van der Waals surface area contributed by atoms with E-state index in [-0.39, 0.29) is 5.41 Å². The summed E-state index contributed by atoms with van der Waals surface area (Å²) in [5, 5.41) is 18.0. The molecule has 0 aliphatic heterocycles. The minimum atomic E-state index is -0.0519. The maximum atomic E-state index is 6.31. The van der Waals surface area contributed by atoms with Crippen LogP contribution in [0.1, 0.15) is 25.0 Å². The van der Waals surface area contributed by atoms with E-state index in [0.29, 0.717) is 34.6 Å². The number of furan rings is 4. The Morgan fingerprint density at radius 3 is 1.09 bits per heavy atom. The number of para-hydroxylation sites is 7. The van der Waals surface area contributed by atoms with Gasteiger partial charge in [-0.1, -0.05) is 311 Å². The zero-order valence-electron chi connectivity index (χ0n) is 73.9. The molecule has 18 aromatic carbocycles. The van der Waals surface area contributed by atoms with Gasteiger partial charge in [0.2, 0.25) is 17.1 Å². The number of rotatable bonds is 9. The number of fused-ring (bicyclic) bond motifs is 27. The Labute approximate surface area is 786 Å². The van der Waals surface area contributed by atoms with Crippen molar-refractivity contribution >= 4 is 185 Å². The standard InChI is InChI=1S/C43H29N3O.C40H23N3O2.C40H23N3OS/c1-43(2)34-17-9-6-14-29(34)32-25-37-33(24-35(32)43)30-15-7-10-18-36(30)46(37)28-22-20-26(21-23-28)40-39-31-16-8-11-19-38(31)47-42(39)45-41(44-40)27-12-4-3-5-13-27;1-2-11-24(12-3-1)39-41-38(37-29-17-6-9-20-35(29)45-40(37)42-39)25-13-10-14-26(21-25)43-32-18-7-4-15-27(32)30-23-36-31(22-33(30)43)28-16-5-8-19-34(28)44-36;1-2-11-24(12-3-1)39-41-38(37-29-17-5-8-19-34(29)44-40(37)42-39)25-13-10-14-26(21-25)43-32-18-7-4-15-27(32)30-23-36-31(22-33(30)43)28-16-6-9-20-35(28)45-36/h3-25H,1-2H3;2*1-23H. The summed E-state index contributed by atoms with van der Waals surface area (Å²) in [6, 6.07) is 146. The number of benzene rings is 18. The van der Waals surface area contributed by atoms with Gasteiger partial charge in [0.25, 0.3) is 0 Å². The van der Waals surface area contributed by atoms with Crippen LogP contribution in [-0.4, -0.2) is 43.6 Å². The van der Waals surface area contributed by atoms with Gasteiger partial charge in [-0.3, -0.25) is 0 Å². The predicted octanol–water partition coefficient (Wildman–Crippen LogP) is 33.0. The number of thiophene rings is 1. The van der Waals surface area contributed by atoms with E-state index in [1.54, 1.807) is 0 Å². The van der Waals surface area contributed by atoms with Gasteiger partial charge < -0.3 is 31.4 Å². The molecule has 13 nitrogen and oxygen atoms in total. The third-order valence-corrected chi connectivity index (χ3v) is 28.8. The van der Waals surface area contributed by atoms with Crippen molar-refractivity contribution in [2.24, 2.45) is 0 Å². The van der Waals surface area contributed by atoms with Crippen molar-refractivity contribution in [3.05, 3.63) is 430 Å². The zero-order chi connectivity index (χ0) is 90.2. The summed E-state index contributed by atoms with van der Waals surface area (Å²) in [5.41, 5.74) is 30.0. The topological polar surface area (TPSA) is 145 Å². The molecule has 0 radical (unpaired) electrons. The van der Waals surface area contributed by atoms with Gasteiger partial charge in [-0.05, 0) is 144 Å². The summed E-state index contributed by atoms with van der Waals surface area (Å²) in [6.45, 7) is 4.69. The van der Waals surface area contributed by atoms with E-state index in [1.807, 2.05) is 169 Å². The molecular formula is C123H75N9O4S. The first kappa shape index (κ1) is 77.8. The maximum absolute atomic E-state index is 6.31. The van der Waals surface area contributed by atoms with Crippen LogP contribution in [0.25, 0.3) is 270 Å². The smallest absolute Gasteiger partial charge is 0.231 e. The lowest BCUT2D eigenvalue weighted by Crippen LogP contribution is -2.14. The number of hydrogen-bond donors (Lipinski definition) is 0. The molecule has 0 N–H and O–H groups in total. The largest absolute Gasteiger partial charge is 0.456 e. The van der Waals surface area contributed by atoms with Gasteiger partial charge in [0.05, 0.1) is 66.3 Å². The summed E-state index contributed by atoms with van der Waals surface area (Å²) < 4.78 is 34.9. The van der Waals surface area contributed by atoms with E-state index in [2.05, 4.69) is 288 Å². The van der Waals surface area contributed by atoms with Crippen molar-refractivity contribution in [1.82, 2.24) is 43.6 Å². The molecule has 0 saturated heterocycles. The fourth-order valence-electron chi connectivity index (χ4n) is 21.4. The van der Waals surface area contributed by atoms with Gasteiger partial charge in [-0.15, -0.1) is 11.3 Å². The second-order valence-electron chi connectivity index (χ2n) is 35.8. The molecule has 0 bridgehead atoms. The summed E-state index contributed by atoms with van der Waals surface area (Å²) in [5.74, 6) is 1.93. The average Bonchev–Trinajstić information content (AvgIpc) is 1.55. The molecule has 11 heterocycles. The number of nitrogens with zero attached hydrogens (tertiary/aromatic N) is 9. The minimum absolute atomic E-state index is 0.0519. The molecule has 0 spiro atoms. The number of hydrogen-bond acceptors (Lipinski definition) is 11. The van der Waals surface area contributed by atoms with Crippen LogP contribution in [0.3, 0.4) is 0 Å². The third-order valence-electron chi connectivity index (χ3n) is 27.7. The molecule has 1 aliphatic carbocycles. The second-order valence-corrected chi connectivity index (χ2v) is 36.9. The summed E-state index contributed by atoms with van der Waals surface area (Å²) in [4.78, 5) is 30.2. The quantitative estimate of drug-likeness (QED) is 0.137. The van der Waals surface area contributed by atoms with Crippen LogP contribution < -0.4 is 0 Å². The second kappa shape index (κ2) is 30.5. The molecule has 1 aliphatic rings. The molecule has 11 aromatic heterocycles. The van der Waals surface area contributed by atoms with Crippen molar-refractivity contribution in [2.45, 2.75) is 19.3 Å². The SMILES string of the molecule is CC1(C)c2ccccc2-c2cc3c(cc21)c1ccccc1n3-c1ccc(-c2nc(-c3ccccc3)nc3oc4ccccc4c23)cc1.c1ccc(-c2nc(-c3cccc(-n4c5ccccc5c5cc6oc7ccccc7c6cc54)c3)c3c(n2)oc2ccccc23)cc1.c1ccc(-c2nc(-c3cccc(-n4c5ccccc5c5cc6sc7ccccc7c6cc54)c3)c3c(n2)oc2ccccc23)cc1. The molecule has 0 amide bonds. The van der Waals surface area contributed by atoms with Crippen molar-refractivity contribution in [2.75, 3.05) is 0 Å². The third kappa shape index (κ3) is 12.3. The Kier molecular flexibility index (Phi) is 17.3. The van der Waals surface area contributed by atoms with Gasteiger partial charge in [0.15, 0.2) is 17.5 Å². The van der Waals surface area contributed by atoms with Crippen molar-refractivity contribution in [3.8, 4) is 96.1 Å². The molecule has 0 atom stereocenters. The van der Waals surface area contributed by atoms with E-state index in [1.165, 1.54) is 91.4 Å². The van der Waals surface area contributed by atoms with Crippen LogP contribution in [0.5, 0.6) is 0 Å². The van der Waals surface area contributed by atoms with Crippen molar-refractivity contribution < 1.29 is 17.7 Å². The first-order valence-corrected chi connectivity index (χ1v) is 46.9. The Balaban J connectivity index is 0.000000102. The first-order valence-electron chi connectivity index (χ1n) is 46.1. The Hall–Kier alpha value is -18.0. The first-order chi connectivity index (χ1) is 67.7. The zero-order valence-corrected chi connectivity index (χ0v) is 74.7. The van der Waals surface area contributed by atoms with Gasteiger partial charge in [-0.2, -0.15) is 15.0 Å². The van der Waals surface area contributed by atoms with Crippen LogP contribution in [0, 0.1) is 0 Å². The van der Waals surface area contributed by atoms with E-state index < -0.39 is 0 Å². The molecule has 14 heteroatoms. The summed E-state index contributed by atoms with van der Waals surface area (Å²) in [7, 11) is 0. The highest BCUT2D eigenvalue weighted by Crippen LogP contribution is 2.53. The van der Waals surface area contributed by atoms with E-state index in [0.717, 1.165) is 155 Å². The molecule has 0 saturated carbocycles. The lowest BCUT2D eigenvalue weighted by atomic mass is 9.82. The molecule has 0 unspecified atom stereocenters. The molecule has 642 valence electrons. The fraction of sp³-hybridized carbons (Fsp3) is 0.0244. The molecule has 30 rings (SSSR count). The van der Waals surface area contributed by atoms with Crippen LogP contribution in [0.2, 0.25) is 0 Å². The highest BCUT2D eigenvalue weighted by molar-refractivity contribution is 7.25. The van der Waals surface area contributed by atoms with Gasteiger partial charge in [-0.25, -0.2) is 15.0 Å². The lowest BCUT2D eigenvalue weighted by Gasteiger charge is -2.21. The van der Waals surface area contributed by atoms with Gasteiger partial charge in [0.1, 0.15) is 27.9 Å². The highest BCUT2D eigenvalue weighted by atomic mass is 32.1. The summed E-state index contributed by atoms with van der Waals surface area (Å²) in [6.07, 6.45) is 0. The van der Waals surface area contributed by atoms with Crippen molar-refractivity contribution in [1.29, 1.82) is 0 Å². The Bertz CT molecular complexity index is 9670. The van der Waals surface area contributed by atoms with Crippen LogP contribution in [-0.2, 0) is 5.41 Å². The summed E-state index contributed by atoms with van der Waals surface area (Å²) >= 11 is 1.86. The molecule has 29 aromatic rings. The van der Waals surface area contributed by atoms with Crippen LogP contribution in [0.15, 0.2) is 436 Å². The van der Waals surface area contributed by atoms with Crippen LogP contribution in [0.4, 0.5) is 0 Å². The molecule has 0 fully saturated rings.